The van der Waals surface area contributed by atoms with Gasteiger partial charge in [-0.3, -0.25) is 0 Å². The normalized spacial score (nSPS) is 20.5. The molecule has 3 aliphatic rings. The van der Waals surface area contributed by atoms with E-state index < -0.39 is 0 Å². The lowest BCUT2D eigenvalue weighted by atomic mass is 9.93. The van der Waals surface area contributed by atoms with Gasteiger partial charge in [-0.1, -0.05) is 18.2 Å². The van der Waals surface area contributed by atoms with Gasteiger partial charge in [0.15, 0.2) is 11.5 Å². The van der Waals surface area contributed by atoms with Crippen LogP contribution >= 0.6 is 0 Å². The molecule has 1 atom stereocenters. The first-order valence-electron chi connectivity index (χ1n) is 11.8. The summed E-state index contributed by atoms with van der Waals surface area (Å²) in [6.45, 7) is 7.02. The molecular weight excluding hydrogens is 388 g/mol. The summed E-state index contributed by atoms with van der Waals surface area (Å²) in [5, 5.41) is 0. The van der Waals surface area contributed by atoms with Crippen LogP contribution in [0, 0.1) is 5.92 Å². The van der Waals surface area contributed by atoms with Crippen molar-refractivity contribution in [2.75, 3.05) is 58.0 Å². The second-order valence-electron chi connectivity index (χ2n) is 9.03. The Morgan fingerprint density at radius 3 is 2.71 bits per heavy atom. The molecule has 5 heteroatoms. The van der Waals surface area contributed by atoms with E-state index in [1.807, 2.05) is 0 Å². The van der Waals surface area contributed by atoms with Gasteiger partial charge < -0.3 is 24.0 Å². The minimum absolute atomic E-state index is 0.561. The van der Waals surface area contributed by atoms with Gasteiger partial charge in [-0.15, -0.1) is 0 Å². The minimum Gasteiger partial charge on any atom is -0.493 e. The first kappa shape index (κ1) is 20.7. The Balaban J connectivity index is 1.37. The van der Waals surface area contributed by atoms with E-state index in [0.717, 1.165) is 63.7 Å². The van der Waals surface area contributed by atoms with Crippen molar-refractivity contribution in [2.45, 2.75) is 32.1 Å². The monoisotopic (exact) mass is 422 g/mol. The van der Waals surface area contributed by atoms with Crippen molar-refractivity contribution in [1.29, 1.82) is 0 Å². The van der Waals surface area contributed by atoms with E-state index in [4.69, 9.17) is 14.2 Å². The number of ether oxygens (including phenoxy) is 3. The molecule has 166 valence electrons. The summed E-state index contributed by atoms with van der Waals surface area (Å²) < 4.78 is 17.6. The van der Waals surface area contributed by atoms with Crippen LogP contribution in [0.4, 0.5) is 11.4 Å². The fourth-order valence-corrected chi connectivity index (χ4v) is 5.17. The lowest BCUT2D eigenvalue weighted by Crippen LogP contribution is -2.29. The van der Waals surface area contributed by atoms with Crippen LogP contribution in [0.1, 0.15) is 36.8 Å². The summed E-state index contributed by atoms with van der Waals surface area (Å²) in [6, 6.07) is 13.1. The molecule has 0 amide bonds. The van der Waals surface area contributed by atoms with Gasteiger partial charge in [-0.2, -0.15) is 0 Å². The van der Waals surface area contributed by atoms with Crippen LogP contribution in [-0.4, -0.2) is 58.0 Å². The number of hydrogen-bond acceptors (Lipinski definition) is 5. The molecule has 31 heavy (non-hydrogen) atoms. The van der Waals surface area contributed by atoms with Crippen LogP contribution in [0.3, 0.4) is 0 Å². The minimum atomic E-state index is 0.561. The number of methoxy groups -OCH3 is 1. The summed E-state index contributed by atoms with van der Waals surface area (Å²) in [4.78, 5) is 5.01. The summed E-state index contributed by atoms with van der Waals surface area (Å²) in [7, 11) is 1.74. The molecule has 2 saturated heterocycles. The van der Waals surface area contributed by atoms with Gasteiger partial charge in [0.2, 0.25) is 0 Å². The number of hydrogen-bond donors (Lipinski definition) is 0. The number of nitrogens with zero attached hydrogens (tertiary/aromatic N) is 2. The van der Waals surface area contributed by atoms with Gasteiger partial charge in [-0.05, 0) is 62.0 Å². The van der Waals surface area contributed by atoms with Crippen LogP contribution in [0.2, 0.25) is 0 Å². The SMILES string of the molecule is COc1cc2c(cc1OCCCN1CCCC1)N(CC1CCOC1)c1ccccc1C2. The van der Waals surface area contributed by atoms with Gasteiger partial charge in [0.25, 0.3) is 0 Å². The molecule has 2 fully saturated rings. The number of likely N-dealkylation sites (tertiary alicyclic amines) is 1. The Morgan fingerprint density at radius 2 is 1.90 bits per heavy atom. The zero-order chi connectivity index (χ0) is 21.0. The molecule has 3 heterocycles. The van der Waals surface area contributed by atoms with E-state index in [-0.39, 0.29) is 0 Å². The van der Waals surface area contributed by atoms with Crippen LogP contribution in [0.25, 0.3) is 0 Å². The number of para-hydroxylation sites is 1. The van der Waals surface area contributed by atoms with E-state index >= 15 is 0 Å². The van der Waals surface area contributed by atoms with Crippen LogP contribution in [0.15, 0.2) is 36.4 Å². The highest BCUT2D eigenvalue weighted by Gasteiger charge is 2.28. The second kappa shape index (κ2) is 9.49. The van der Waals surface area contributed by atoms with E-state index in [9.17, 15) is 0 Å². The van der Waals surface area contributed by atoms with E-state index in [0.29, 0.717) is 5.92 Å². The molecule has 0 aromatic heterocycles. The second-order valence-corrected chi connectivity index (χ2v) is 9.03. The summed E-state index contributed by atoms with van der Waals surface area (Å²) in [5.41, 5.74) is 5.24. The van der Waals surface area contributed by atoms with Gasteiger partial charge in [0.05, 0.1) is 20.3 Å². The maximum absolute atomic E-state index is 6.26. The average Bonchev–Trinajstić information content (AvgIpc) is 3.50. The standard InChI is InChI=1S/C26H34N2O3/c1-29-25-16-22-15-21-7-2-3-8-23(21)28(18-20-9-14-30-19-20)24(22)17-26(25)31-13-6-12-27-10-4-5-11-27/h2-3,7-8,16-17,20H,4-6,9-15,18-19H2,1H3. The summed E-state index contributed by atoms with van der Waals surface area (Å²) in [5.74, 6) is 2.25. The molecule has 2 aromatic carbocycles. The van der Waals surface area contributed by atoms with Crippen molar-refractivity contribution >= 4 is 11.4 Å². The van der Waals surface area contributed by atoms with Crippen molar-refractivity contribution in [3.63, 3.8) is 0 Å². The van der Waals surface area contributed by atoms with Crippen molar-refractivity contribution in [2.24, 2.45) is 5.92 Å². The number of fused-ring (bicyclic) bond motifs is 2. The number of anilines is 2. The Morgan fingerprint density at radius 1 is 1.03 bits per heavy atom. The van der Waals surface area contributed by atoms with Crippen molar-refractivity contribution in [1.82, 2.24) is 4.90 Å². The highest BCUT2D eigenvalue weighted by atomic mass is 16.5. The molecule has 0 bridgehead atoms. The largest absolute Gasteiger partial charge is 0.493 e. The van der Waals surface area contributed by atoms with Crippen molar-refractivity contribution in [3.8, 4) is 11.5 Å². The molecule has 1 unspecified atom stereocenters. The topological polar surface area (TPSA) is 34.2 Å². The van der Waals surface area contributed by atoms with E-state index in [1.54, 1.807) is 7.11 Å². The molecule has 0 radical (unpaired) electrons. The smallest absolute Gasteiger partial charge is 0.163 e. The molecule has 0 aliphatic carbocycles. The Kier molecular flexibility index (Phi) is 6.32. The predicted molar refractivity (Wildman–Crippen MR) is 124 cm³/mol. The zero-order valence-electron chi connectivity index (χ0n) is 18.6. The third kappa shape index (κ3) is 4.53. The van der Waals surface area contributed by atoms with Crippen LogP contribution < -0.4 is 14.4 Å². The van der Waals surface area contributed by atoms with E-state index in [2.05, 4.69) is 46.2 Å². The molecule has 0 N–H and O–H groups in total. The Labute approximate surface area is 185 Å². The molecule has 0 saturated carbocycles. The first-order valence-corrected chi connectivity index (χ1v) is 11.8. The third-order valence-electron chi connectivity index (χ3n) is 6.86. The Bertz CT molecular complexity index is 888. The van der Waals surface area contributed by atoms with Crippen LogP contribution in [0.5, 0.6) is 11.5 Å². The fraction of sp³-hybridized carbons (Fsp3) is 0.538. The summed E-state index contributed by atoms with van der Waals surface area (Å²) >= 11 is 0. The van der Waals surface area contributed by atoms with Gasteiger partial charge in [0.1, 0.15) is 0 Å². The summed E-state index contributed by atoms with van der Waals surface area (Å²) in [6.07, 6.45) is 5.77. The average molecular weight is 423 g/mol. The third-order valence-corrected chi connectivity index (χ3v) is 6.86. The zero-order valence-corrected chi connectivity index (χ0v) is 18.6. The van der Waals surface area contributed by atoms with Gasteiger partial charge in [-0.25, -0.2) is 0 Å². The quantitative estimate of drug-likeness (QED) is 0.579. The van der Waals surface area contributed by atoms with Crippen molar-refractivity contribution in [3.05, 3.63) is 47.5 Å². The lowest BCUT2D eigenvalue weighted by Gasteiger charge is -2.35. The molecule has 3 aliphatic heterocycles. The predicted octanol–water partition coefficient (Wildman–Crippen LogP) is 4.64. The molecular formula is C26H34N2O3. The maximum Gasteiger partial charge on any atom is 0.163 e. The van der Waals surface area contributed by atoms with Crippen molar-refractivity contribution < 1.29 is 14.2 Å². The van der Waals surface area contributed by atoms with Gasteiger partial charge in [0, 0.05) is 49.5 Å². The molecule has 5 rings (SSSR count). The van der Waals surface area contributed by atoms with Crippen LogP contribution in [-0.2, 0) is 11.2 Å². The molecule has 0 spiro atoms. The highest BCUT2D eigenvalue weighted by Crippen LogP contribution is 2.44. The Hall–Kier alpha value is -2.24. The first-order chi connectivity index (χ1) is 15.3. The molecule has 5 nitrogen and oxygen atoms in total. The lowest BCUT2D eigenvalue weighted by molar-refractivity contribution is 0.187. The molecule has 2 aromatic rings. The maximum atomic E-state index is 6.26. The highest BCUT2D eigenvalue weighted by molar-refractivity contribution is 5.76. The van der Waals surface area contributed by atoms with E-state index in [1.165, 1.54) is 48.4 Å². The fourth-order valence-electron chi connectivity index (χ4n) is 5.17. The van der Waals surface area contributed by atoms with Gasteiger partial charge >= 0.3 is 0 Å². The number of rotatable bonds is 8. The number of benzene rings is 2.